The SMILES string of the molecule is CC=C(CCC)C(C)CC. The smallest absolute Gasteiger partial charge is 0.0234 e. The lowest BCUT2D eigenvalue weighted by molar-refractivity contribution is 0.617. The van der Waals surface area contributed by atoms with Crippen LogP contribution in [0.2, 0.25) is 0 Å². The maximum atomic E-state index is 2.31. The van der Waals surface area contributed by atoms with E-state index < -0.39 is 0 Å². The number of rotatable bonds is 4. The van der Waals surface area contributed by atoms with Gasteiger partial charge in [-0.2, -0.15) is 0 Å². The highest BCUT2D eigenvalue weighted by Crippen LogP contribution is 2.18. The van der Waals surface area contributed by atoms with Crippen molar-refractivity contribution >= 4 is 0 Å². The summed E-state index contributed by atoms with van der Waals surface area (Å²) in [6.07, 6.45) is 6.12. The fourth-order valence-electron chi connectivity index (χ4n) is 1.23. The Labute approximate surface area is 65.3 Å². The zero-order chi connectivity index (χ0) is 7.98. The topological polar surface area (TPSA) is 0 Å². The molecule has 0 saturated heterocycles. The molecule has 0 bridgehead atoms. The van der Waals surface area contributed by atoms with Crippen LogP contribution in [-0.2, 0) is 0 Å². The van der Waals surface area contributed by atoms with E-state index in [1.165, 1.54) is 19.3 Å². The van der Waals surface area contributed by atoms with Crippen molar-refractivity contribution in [2.45, 2.75) is 47.0 Å². The van der Waals surface area contributed by atoms with Crippen molar-refractivity contribution in [3.63, 3.8) is 0 Å². The lowest BCUT2D eigenvalue weighted by atomic mass is 9.95. The van der Waals surface area contributed by atoms with Gasteiger partial charge >= 0.3 is 0 Å². The molecule has 1 atom stereocenters. The summed E-state index contributed by atoms with van der Waals surface area (Å²) in [5.41, 5.74) is 1.63. The fraction of sp³-hybridized carbons (Fsp3) is 0.800. The average molecular weight is 140 g/mol. The summed E-state index contributed by atoms with van der Waals surface area (Å²) in [6.45, 7) is 8.96. The number of allylic oxidation sites excluding steroid dienone is 2. The van der Waals surface area contributed by atoms with Crippen LogP contribution in [-0.4, -0.2) is 0 Å². The molecule has 0 aromatic rings. The highest BCUT2D eigenvalue weighted by atomic mass is 14.1. The predicted octanol–water partition coefficient (Wildman–Crippen LogP) is 3.78. The molecule has 0 spiro atoms. The first-order valence-electron chi connectivity index (χ1n) is 4.41. The zero-order valence-corrected chi connectivity index (χ0v) is 7.78. The van der Waals surface area contributed by atoms with Crippen LogP contribution in [0.15, 0.2) is 11.6 Å². The Morgan fingerprint density at radius 2 is 2.00 bits per heavy atom. The van der Waals surface area contributed by atoms with Crippen LogP contribution >= 0.6 is 0 Å². The van der Waals surface area contributed by atoms with Crippen LogP contribution in [0.4, 0.5) is 0 Å². The first kappa shape index (κ1) is 9.74. The molecule has 0 heterocycles. The molecule has 0 nitrogen and oxygen atoms in total. The van der Waals surface area contributed by atoms with Crippen LogP contribution in [0.5, 0.6) is 0 Å². The molecule has 0 aliphatic rings. The molecule has 1 unspecified atom stereocenters. The lowest BCUT2D eigenvalue weighted by Gasteiger charge is -2.11. The van der Waals surface area contributed by atoms with Gasteiger partial charge < -0.3 is 0 Å². The summed E-state index contributed by atoms with van der Waals surface area (Å²) >= 11 is 0. The van der Waals surface area contributed by atoms with Crippen molar-refractivity contribution in [1.82, 2.24) is 0 Å². The summed E-state index contributed by atoms with van der Waals surface area (Å²) in [7, 11) is 0. The molecule has 60 valence electrons. The molecule has 0 aromatic heterocycles. The Morgan fingerprint density at radius 3 is 2.30 bits per heavy atom. The van der Waals surface area contributed by atoms with Crippen LogP contribution in [0.1, 0.15) is 47.0 Å². The molecule has 0 rings (SSSR count). The van der Waals surface area contributed by atoms with Gasteiger partial charge in [-0.05, 0) is 25.7 Å². The third-order valence-corrected chi connectivity index (χ3v) is 2.15. The van der Waals surface area contributed by atoms with E-state index in [0.717, 1.165) is 5.92 Å². The van der Waals surface area contributed by atoms with Gasteiger partial charge in [0.1, 0.15) is 0 Å². The molecule has 0 aliphatic heterocycles. The van der Waals surface area contributed by atoms with Gasteiger partial charge in [0.2, 0.25) is 0 Å². The first-order chi connectivity index (χ1) is 4.76. The van der Waals surface area contributed by atoms with Gasteiger partial charge in [0.15, 0.2) is 0 Å². The number of hydrogen-bond acceptors (Lipinski definition) is 0. The van der Waals surface area contributed by atoms with E-state index in [0.29, 0.717) is 0 Å². The second-order valence-corrected chi connectivity index (χ2v) is 2.92. The van der Waals surface area contributed by atoms with Crippen LogP contribution in [0.25, 0.3) is 0 Å². The Hall–Kier alpha value is -0.260. The van der Waals surface area contributed by atoms with E-state index in [-0.39, 0.29) is 0 Å². The van der Waals surface area contributed by atoms with Crippen LogP contribution in [0, 0.1) is 5.92 Å². The highest BCUT2D eigenvalue weighted by Gasteiger charge is 2.02. The van der Waals surface area contributed by atoms with Crippen molar-refractivity contribution in [2.75, 3.05) is 0 Å². The van der Waals surface area contributed by atoms with Crippen LogP contribution in [0.3, 0.4) is 0 Å². The van der Waals surface area contributed by atoms with Gasteiger partial charge in [-0.1, -0.05) is 38.8 Å². The summed E-state index contributed by atoms with van der Waals surface area (Å²) in [4.78, 5) is 0. The Balaban J connectivity index is 3.82. The van der Waals surface area contributed by atoms with Crippen molar-refractivity contribution in [1.29, 1.82) is 0 Å². The number of hydrogen-bond donors (Lipinski definition) is 0. The minimum Gasteiger partial charge on any atom is -0.0882 e. The zero-order valence-electron chi connectivity index (χ0n) is 7.78. The van der Waals surface area contributed by atoms with Gasteiger partial charge in [0.05, 0.1) is 0 Å². The predicted molar refractivity (Wildman–Crippen MR) is 48.1 cm³/mol. The van der Waals surface area contributed by atoms with E-state index in [1.807, 2.05) is 0 Å². The third-order valence-electron chi connectivity index (χ3n) is 2.15. The maximum absolute atomic E-state index is 2.31. The van der Waals surface area contributed by atoms with E-state index >= 15 is 0 Å². The average Bonchev–Trinajstić information content (AvgIpc) is 1.99. The van der Waals surface area contributed by atoms with E-state index in [4.69, 9.17) is 0 Å². The molecule has 0 radical (unpaired) electrons. The monoisotopic (exact) mass is 140 g/mol. The normalized spacial score (nSPS) is 15.4. The molecule has 0 fully saturated rings. The van der Waals surface area contributed by atoms with Crippen LogP contribution < -0.4 is 0 Å². The van der Waals surface area contributed by atoms with Crippen molar-refractivity contribution in [3.05, 3.63) is 11.6 Å². The Bertz CT molecular complexity index is 101. The third kappa shape index (κ3) is 3.05. The van der Waals surface area contributed by atoms with Gasteiger partial charge in [-0.15, -0.1) is 0 Å². The fourth-order valence-corrected chi connectivity index (χ4v) is 1.23. The minimum absolute atomic E-state index is 0.796. The summed E-state index contributed by atoms with van der Waals surface area (Å²) in [6, 6.07) is 0. The van der Waals surface area contributed by atoms with Gasteiger partial charge in [0, 0.05) is 0 Å². The van der Waals surface area contributed by atoms with E-state index in [9.17, 15) is 0 Å². The molecule has 10 heavy (non-hydrogen) atoms. The summed E-state index contributed by atoms with van der Waals surface area (Å²) < 4.78 is 0. The molecular weight excluding hydrogens is 120 g/mol. The summed E-state index contributed by atoms with van der Waals surface area (Å²) in [5, 5.41) is 0. The van der Waals surface area contributed by atoms with Gasteiger partial charge in [-0.3, -0.25) is 0 Å². The second-order valence-electron chi connectivity index (χ2n) is 2.92. The molecule has 0 heteroatoms. The first-order valence-corrected chi connectivity index (χ1v) is 4.41. The lowest BCUT2D eigenvalue weighted by Crippen LogP contribution is -1.96. The molecular formula is C10H20. The van der Waals surface area contributed by atoms with Crippen molar-refractivity contribution in [3.8, 4) is 0 Å². The van der Waals surface area contributed by atoms with E-state index in [2.05, 4.69) is 33.8 Å². The standard InChI is InChI=1S/C10H20/c1-5-8-10(7-3)9(4)6-2/h7,9H,5-6,8H2,1-4H3. The maximum Gasteiger partial charge on any atom is -0.0234 e. The summed E-state index contributed by atoms with van der Waals surface area (Å²) in [5.74, 6) is 0.796. The van der Waals surface area contributed by atoms with E-state index in [1.54, 1.807) is 5.57 Å². The van der Waals surface area contributed by atoms with Gasteiger partial charge in [-0.25, -0.2) is 0 Å². The quantitative estimate of drug-likeness (QED) is 0.521. The Kier molecular flexibility index (Phi) is 5.38. The molecule has 0 amide bonds. The second kappa shape index (κ2) is 5.52. The minimum atomic E-state index is 0.796. The molecule has 0 aromatic carbocycles. The molecule has 0 N–H and O–H groups in total. The Morgan fingerprint density at radius 1 is 1.40 bits per heavy atom. The van der Waals surface area contributed by atoms with Gasteiger partial charge in [0.25, 0.3) is 0 Å². The molecule has 0 saturated carbocycles. The van der Waals surface area contributed by atoms with Crippen molar-refractivity contribution in [2.24, 2.45) is 5.92 Å². The highest BCUT2D eigenvalue weighted by molar-refractivity contribution is 5.03. The van der Waals surface area contributed by atoms with Crippen molar-refractivity contribution < 1.29 is 0 Å². The molecule has 0 aliphatic carbocycles. The largest absolute Gasteiger partial charge is 0.0882 e.